The molecule has 0 aromatic carbocycles. The van der Waals surface area contributed by atoms with Gasteiger partial charge in [0.25, 0.3) is 5.56 Å². The molecule has 0 radical (unpaired) electrons. The van der Waals surface area contributed by atoms with Gasteiger partial charge in [0.1, 0.15) is 0 Å². The summed E-state index contributed by atoms with van der Waals surface area (Å²) in [7, 11) is 1.54. The van der Waals surface area contributed by atoms with Crippen LogP contribution in [0.3, 0.4) is 0 Å². The molecule has 0 unspecified atom stereocenters. The summed E-state index contributed by atoms with van der Waals surface area (Å²) in [6.07, 6.45) is 1.02. The number of nitrogens with one attached hydrogen (secondary N) is 1. The van der Waals surface area contributed by atoms with Gasteiger partial charge in [-0.2, -0.15) is 4.98 Å². The molecule has 3 N–H and O–H groups in total. The Hall–Kier alpha value is -2.13. The Kier molecular flexibility index (Phi) is 4.46. The minimum absolute atomic E-state index is 0.0374. The predicted octanol–water partition coefficient (Wildman–Crippen LogP) is -0.987. The average Bonchev–Trinajstić information content (AvgIpc) is 2.93. The van der Waals surface area contributed by atoms with Crippen LogP contribution in [0, 0.1) is 5.92 Å². The summed E-state index contributed by atoms with van der Waals surface area (Å²) in [4.78, 5) is 33.0. The normalized spacial score (nSPS) is 17.6. The van der Waals surface area contributed by atoms with Gasteiger partial charge in [0, 0.05) is 20.1 Å². The lowest BCUT2D eigenvalue weighted by Gasteiger charge is -2.31. The van der Waals surface area contributed by atoms with E-state index in [1.807, 2.05) is 0 Å². The van der Waals surface area contributed by atoms with Crippen LogP contribution in [0.1, 0.15) is 19.8 Å². The van der Waals surface area contributed by atoms with Crippen molar-refractivity contribution >= 4 is 17.1 Å². The van der Waals surface area contributed by atoms with Crippen molar-refractivity contribution in [2.45, 2.75) is 32.4 Å². The molecule has 9 nitrogen and oxygen atoms in total. The molecule has 0 spiro atoms. The fourth-order valence-corrected chi connectivity index (χ4v) is 3.11. The van der Waals surface area contributed by atoms with Crippen LogP contribution in [0.2, 0.25) is 0 Å². The molecule has 1 fully saturated rings. The van der Waals surface area contributed by atoms with Crippen LogP contribution in [0.25, 0.3) is 11.2 Å². The van der Waals surface area contributed by atoms with Gasteiger partial charge in [-0.1, -0.05) is 6.92 Å². The zero-order valence-electron chi connectivity index (χ0n) is 13.9. The largest absolute Gasteiger partial charge is 0.394 e. The van der Waals surface area contributed by atoms with E-state index in [1.54, 1.807) is 11.6 Å². The quantitative estimate of drug-likeness (QED) is 0.660. The van der Waals surface area contributed by atoms with Crippen molar-refractivity contribution in [3.63, 3.8) is 0 Å². The first-order valence-electron chi connectivity index (χ1n) is 8.15. The molecule has 24 heavy (non-hydrogen) atoms. The lowest BCUT2D eigenvalue weighted by atomic mass is 10.00. The second-order valence-electron chi connectivity index (χ2n) is 6.52. The number of hydrogen-bond acceptors (Lipinski definition) is 6. The van der Waals surface area contributed by atoms with Crippen molar-refractivity contribution in [3.05, 3.63) is 20.8 Å². The van der Waals surface area contributed by atoms with Gasteiger partial charge < -0.3 is 19.7 Å². The van der Waals surface area contributed by atoms with E-state index >= 15 is 0 Å². The van der Waals surface area contributed by atoms with Crippen LogP contribution in [0.4, 0.5) is 5.95 Å². The molecular formula is C15H23N5O4. The maximum absolute atomic E-state index is 12.3. The van der Waals surface area contributed by atoms with E-state index in [-0.39, 0.29) is 17.7 Å². The third-order valence-electron chi connectivity index (χ3n) is 4.66. The molecule has 3 rings (SSSR count). The molecule has 1 aliphatic heterocycles. The number of imidazole rings is 1. The highest BCUT2D eigenvalue weighted by Gasteiger charge is 2.25. The molecule has 3 heterocycles. The zero-order chi connectivity index (χ0) is 17.4. The number of anilines is 1. The Morgan fingerprint density at radius 1 is 1.33 bits per heavy atom. The SMILES string of the molecule is CC1CCN(c2nc3c(c(=O)[nH]c(=O)n3C)n2C[C@H](O)CO)CC1. The van der Waals surface area contributed by atoms with Crippen LogP contribution in [0.5, 0.6) is 0 Å². The summed E-state index contributed by atoms with van der Waals surface area (Å²) in [6, 6.07) is 0. The van der Waals surface area contributed by atoms with Crippen molar-refractivity contribution < 1.29 is 10.2 Å². The van der Waals surface area contributed by atoms with Gasteiger partial charge in [-0.3, -0.25) is 14.3 Å². The number of aromatic amines is 1. The number of aliphatic hydroxyl groups excluding tert-OH is 2. The maximum Gasteiger partial charge on any atom is 0.329 e. The molecule has 1 saturated heterocycles. The lowest BCUT2D eigenvalue weighted by Crippen LogP contribution is -2.36. The Balaban J connectivity index is 2.18. The number of H-pyrrole nitrogens is 1. The Morgan fingerprint density at radius 2 is 2.00 bits per heavy atom. The molecule has 1 atom stereocenters. The van der Waals surface area contributed by atoms with E-state index in [9.17, 15) is 19.8 Å². The maximum atomic E-state index is 12.3. The van der Waals surface area contributed by atoms with Crippen molar-refractivity contribution in [1.82, 2.24) is 19.1 Å². The van der Waals surface area contributed by atoms with Crippen molar-refractivity contribution in [3.8, 4) is 0 Å². The summed E-state index contributed by atoms with van der Waals surface area (Å²) in [5.41, 5.74) is -0.554. The number of aryl methyl sites for hydroxylation is 1. The highest BCUT2D eigenvalue weighted by Crippen LogP contribution is 2.25. The third kappa shape index (κ3) is 2.84. The topological polar surface area (TPSA) is 116 Å². The van der Waals surface area contributed by atoms with Crippen molar-refractivity contribution in [1.29, 1.82) is 0 Å². The average molecular weight is 337 g/mol. The highest BCUT2D eigenvalue weighted by atomic mass is 16.3. The first-order valence-corrected chi connectivity index (χ1v) is 8.15. The summed E-state index contributed by atoms with van der Waals surface area (Å²) in [5.74, 6) is 1.19. The Morgan fingerprint density at radius 3 is 2.62 bits per heavy atom. The molecule has 2 aromatic rings. The fraction of sp³-hybridized carbons (Fsp3) is 0.667. The third-order valence-corrected chi connectivity index (χ3v) is 4.66. The molecule has 9 heteroatoms. The molecule has 0 saturated carbocycles. The van der Waals surface area contributed by atoms with Gasteiger partial charge in [0.05, 0.1) is 19.3 Å². The van der Waals surface area contributed by atoms with Gasteiger partial charge in [-0.15, -0.1) is 0 Å². The molecule has 0 bridgehead atoms. The molecule has 2 aromatic heterocycles. The second kappa shape index (κ2) is 6.40. The van der Waals surface area contributed by atoms with Crippen LogP contribution in [0.15, 0.2) is 9.59 Å². The number of fused-ring (bicyclic) bond motifs is 1. The van der Waals surface area contributed by atoms with Gasteiger partial charge >= 0.3 is 5.69 Å². The van der Waals surface area contributed by atoms with Gasteiger partial charge in [-0.25, -0.2) is 4.79 Å². The monoisotopic (exact) mass is 337 g/mol. The van der Waals surface area contributed by atoms with Crippen molar-refractivity contribution in [2.75, 3.05) is 24.6 Å². The van der Waals surface area contributed by atoms with E-state index in [0.717, 1.165) is 25.9 Å². The van der Waals surface area contributed by atoms with E-state index in [1.165, 1.54) is 4.57 Å². The number of rotatable bonds is 4. The van der Waals surface area contributed by atoms with Crippen LogP contribution >= 0.6 is 0 Å². The summed E-state index contributed by atoms with van der Waals surface area (Å²) in [6.45, 7) is 3.41. The van der Waals surface area contributed by atoms with Gasteiger partial charge in [-0.05, 0) is 18.8 Å². The van der Waals surface area contributed by atoms with E-state index < -0.39 is 24.0 Å². The predicted molar refractivity (Wildman–Crippen MR) is 89.3 cm³/mol. The van der Waals surface area contributed by atoms with Crippen LogP contribution in [-0.2, 0) is 13.6 Å². The van der Waals surface area contributed by atoms with E-state index in [0.29, 0.717) is 11.9 Å². The smallest absolute Gasteiger partial charge is 0.329 e. The molecule has 132 valence electrons. The van der Waals surface area contributed by atoms with E-state index in [2.05, 4.69) is 21.8 Å². The molecule has 0 amide bonds. The summed E-state index contributed by atoms with van der Waals surface area (Å²) < 4.78 is 2.89. The van der Waals surface area contributed by atoms with E-state index in [4.69, 9.17) is 0 Å². The minimum atomic E-state index is -1.01. The van der Waals surface area contributed by atoms with Crippen LogP contribution in [-0.4, -0.2) is 55.1 Å². The molecule has 1 aliphatic rings. The van der Waals surface area contributed by atoms with Crippen molar-refractivity contribution in [2.24, 2.45) is 13.0 Å². The number of aliphatic hydroxyl groups is 2. The standard InChI is InChI=1S/C15H23N5O4/c1-9-3-5-19(6-4-9)14-16-12-11(20(14)7-10(22)8-21)13(23)17-15(24)18(12)2/h9-10,21-22H,3-8H2,1-2H3,(H,17,23,24)/t10-/m0/s1. The number of nitrogens with zero attached hydrogens (tertiary/aromatic N) is 4. The minimum Gasteiger partial charge on any atom is -0.394 e. The van der Waals surface area contributed by atoms with Gasteiger partial charge in [0.2, 0.25) is 5.95 Å². The number of aromatic nitrogens is 4. The Labute approximate surface area is 138 Å². The second-order valence-corrected chi connectivity index (χ2v) is 6.52. The first-order chi connectivity index (χ1) is 11.4. The summed E-state index contributed by atoms with van der Waals surface area (Å²) >= 11 is 0. The fourth-order valence-electron chi connectivity index (χ4n) is 3.11. The van der Waals surface area contributed by atoms with Gasteiger partial charge in [0.15, 0.2) is 11.2 Å². The molecular weight excluding hydrogens is 314 g/mol. The zero-order valence-corrected chi connectivity index (χ0v) is 13.9. The van der Waals surface area contributed by atoms with Crippen LogP contribution < -0.4 is 16.1 Å². The summed E-state index contributed by atoms with van der Waals surface area (Å²) in [5, 5.41) is 19.0. The number of piperidine rings is 1. The highest BCUT2D eigenvalue weighted by molar-refractivity contribution is 5.74. The molecule has 0 aliphatic carbocycles. The lowest BCUT2D eigenvalue weighted by molar-refractivity contribution is 0.0822. The Bertz CT molecular complexity index is 844. The number of hydrogen-bond donors (Lipinski definition) is 3. The first kappa shape index (κ1) is 16.7.